The van der Waals surface area contributed by atoms with Crippen LogP contribution in [0.3, 0.4) is 0 Å². The Kier molecular flexibility index (Phi) is 14.7. The number of aliphatic hydroxyl groups is 1. The highest BCUT2D eigenvalue weighted by Gasteiger charge is 2.36. The van der Waals surface area contributed by atoms with Gasteiger partial charge in [0.2, 0.25) is 35.4 Å². The van der Waals surface area contributed by atoms with Crippen molar-refractivity contribution in [1.82, 2.24) is 26.6 Å². The van der Waals surface area contributed by atoms with Crippen LogP contribution < -0.4 is 32.3 Å². The molecule has 0 aliphatic carbocycles. The fraction of sp³-hybridized carbons (Fsp3) is 0.769. The van der Waals surface area contributed by atoms with Crippen LogP contribution in [0.15, 0.2) is 0 Å². The van der Waals surface area contributed by atoms with Crippen LogP contribution in [0.5, 0.6) is 0 Å². The number of hydrogen-bond acceptors (Lipinski definition) is 7. The standard InChI is InChI=1S/C26H48N6O7/c1-11(2)17(22(27)35)29-24(37)19(13(5)6)31-26(39)21(15(9)33)32-25(38)20(14(7)8)30-23(36)18(12(3)4)28-16(10)34/h11-15,17-21,33H,1-10H3,(H2,27,35)(H,28,34)(H,29,37)(H,30,36)(H,31,39)(H,32,38)/t15-,17+,18+,19+,20+,21+/m1/s1. The van der Waals surface area contributed by atoms with Gasteiger partial charge in [0.1, 0.15) is 30.2 Å². The quantitative estimate of drug-likeness (QED) is 0.133. The Hall–Kier alpha value is -3.22. The van der Waals surface area contributed by atoms with Gasteiger partial charge in [-0.1, -0.05) is 55.4 Å². The van der Waals surface area contributed by atoms with Crippen molar-refractivity contribution in [2.45, 2.75) is 106 Å². The molecule has 0 unspecified atom stereocenters. The zero-order valence-corrected chi connectivity index (χ0v) is 24.7. The minimum absolute atomic E-state index is 0.260. The molecule has 6 amide bonds. The highest BCUT2D eigenvalue weighted by Crippen LogP contribution is 2.10. The molecule has 224 valence electrons. The molecule has 13 heteroatoms. The summed E-state index contributed by atoms with van der Waals surface area (Å²) in [6, 6.07) is -5.48. The van der Waals surface area contributed by atoms with Crippen LogP contribution in [0, 0.1) is 23.7 Å². The minimum atomic E-state index is -1.46. The third-order valence-corrected chi connectivity index (χ3v) is 6.14. The molecule has 13 nitrogen and oxygen atoms in total. The van der Waals surface area contributed by atoms with Gasteiger partial charge in [-0.25, -0.2) is 0 Å². The van der Waals surface area contributed by atoms with Gasteiger partial charge in [0.05, 0.1) is 6.10 Å². The van der Waals surface area contributed by atoms with Crippen molar-refractivity contribution in [3.63, 3.8) is 0 Å². The second-order valence-corrected chi connectivity index (χ2v) is 11.2. The zero-order chi connectivity index (χ0) is 30.8. The summed E-state index contributed by atoms with van der Waals surface area (Å²) in [4.78, 5) is 75.3. The number of hydrogen-bond donors (Lipinski definition) is 7. The maximum atomic E-state index is 13.2. The van der Waals surface area contributed by atoms with E-state index in [0.29, 0.717) is 0 Å². The lowest BCUT2D eigenvalue weighted by atomic mass is 9.98. The molecule has 0 aliphatic rings. The summed E-state index contributed by atoms with van der Waals surface area (Å²) in [5.74, 6) is -5.27. The molecule has 0 aromatic rings. The van der Waals surface area contributed by atoms with E-state index in [1.165, 1.54) is 13.8 Å². The first-order chi connectivity index (χ1) is 17.8. The van der Waals surface area contributed by atoms with Crippen LogP contribution in [0.1, 0.15) is 69.2 Å². The third-order valence-electron chi connectivity index (χ3n) is 6.14. The fourth-order valence-electron chi connectivity index (χ4n) is 3.77. The van der Waals surface area contributed by atoms with Crippen molar-refractivity contribution < 1.29 is 33.9 Å². The molecule has 0 aromatic carbocycles. The van der Waals surface area contributed by atoms with E-state index in [9.17, 15) is 33.9 Å². The Balaban J connectivity index is 5.76. The lowest BCUT2D eigenvalue weighted by Gasteiger charge is -2.30. The summed E-state index contributed by atoms with van der Waals surface area (Å²) in [5, 5.41) is 23.0. The molecule has 0 aliphatic heterocycles. The van der Waals surface area contributed by atoms with E-state index in [1.54, 1.807) is 55.4 Å². The largest absolute Gasteiger partial charge is 0.391 e. The van der Waals surface area contributed by atoms with Crippen LogP contribution >= 0.6 is 0 Å². The maximum Gasteiger partial charge on any atom is 0.245 e. The van der Waals surface area contributed by atoms with Crippen molar-refractivity contribution in [2.75, 3.05) is 0 Å². The van der Waals surface area contributed by atoms with Gasteiger partial charge in [-0.15, -0.1) is 0 Å². The molecule has 8 N–H and O–H groups in total. The molecule has 6 atom stereocenters. The first kappa shape index (κ1) is 35.8. The number of primary amides is 1. The maximum absolute atomic E-state index is 13.2. The van der Waals surface area contributed by atoms with E-state index in [2.05, 4.69) is 26.6 Å². The van der Waals surface area contributed by atoms with E-state index < -0.39 is 83.6 Å². The van der Waals surface area contributed by atoms with Crippen molar-refractivity contribution in [1.29, 1.82) is 0 Å². The predicted molar refractivity (Wildman–Crippen MR) is 146 cm³/mol. The minimum Gasteiger partial charge on any atom is -0.391 e. The van der Waals surface area contributed by atoms with E-state index in [-0.39, 0.29) is 11.8 Å². The molecule has 0 radical (unpaired) electrons. The van der Waals surface area contributed by atoms with Gasteiger partial charge in [0.25, 0.3) is 0 Å². The molecule has 0 saturated heterocycles. The lowest BCUT2D eigenvalue weighted by molar-refractivity contribution is -0.137. The second-order valence-electron chi connectivity index (χ2n) is 11.2. The molecule has 39 heavy (non-hydrogen) atoms. The van der Waals surface area contributed by atoms with Crippen molar-refractivity contribution in [3.05, 3.63) is 0 Å². The molecular weight excluding hydrogens is 508 g/mol. The summed E-state index contributed by atoms with van der Waals surface area (Å²) < 4.78 is 0. The van der Waals surface area contributed by atoms with Crippen LogP contribution in [0.25, 0.3) is 0 Å². The zero-order valence-electron chi connectivity index (χ0n) is 24.7. The van der Waals surface area contributed by atoms with Crippen LogP contribution in [-0.2, 0) is 28.8 Å². The average Bonchev–Trinajstić information content (AvgIpc) is 2.79. The number of carbonyl (C=O) groups excluding carboxylic acids is 6. The number of nitrogens with two attached hydrogens (primary N) is 1. The molecule has 0 heterocycles. The monoisotopic (exact) mass is 556 g/mol. The summed E-state index contributed by atoms with van der Waals surface area (Å²) >= 11 is 0. The summed E-state index contributed by atoms with van der Waals surface area (Å²) in [5.41, 5.74) is 5.38. The molecule has 0 saturated carbocycles. The number of aliphatic hydroxyl groups excluding tert-OH is 1. The first-order valence-electron chi connectivity index (χ1n) is 13.3. The van der Waals surface area contributed by atoms with Gasteiger partial charge in [0, 0.05) is 6.92 Å². The Labute approximate surface area is 231 Å². The molecular formula is C26H48N6O7. The predicted octanol–water partition coefficient (Wildman–Crippen LogP) is -1.08. The van der Waals surface area contributed by atoms with Gasteiger partial charge in [-0.2, -0.15) is 0 Å². The molecule has 0 rings (SSSR count). The van der Waals surface area contributed by atoms with Gasteiger partial charge >= 0.3 is 0 Å². The fourth-order valence-corrected chi connectivity index (χ4v) is 3.77. The summed E-state index contributed by atoms with van der Waals surface area (Å²) in [7, 11) is 0. The normalized spacial score (nSPS) is 16.1. The smallest absolute Gasteiger partial charge is 0.245 e. The van der Waals surface area contributed by atoms with Gasteiger partial charge in [0.15, 0.2) is 0 Å². The highest BCUT2D eigenvalue weighted by atomic mass is 16.3. The Morgan fingerprint density at radius 3 is 1.00 bits per heavy atom. The molecule has 0 aromatic heterocycles. The van der Waals surface area contributed by atoms with E-state index in [1.807, 2.05) is 0 Å². The number of rotatable bonds is 15. The Morgan fingerprint density at radius 2 is 0.744 bits per heavy atom. The Bertz CT molecular complexity index is 888. The van der Waals surface area contributed by atoms with Crippen molar-refractivity contribution in [3.8, 4) is 0 Å². The molecule has 0 fully saturated rings. The highest BCUT2D eigenvalue weighted by molar-refractivity contribution is 5.96. The number of amides is 6. The van der Waals surface area contributed by atoms with Gasteiger partial charge in [-0.3, -0.25) is 28.8 Å². The van der Waals surface area contributed by atoms with E-state index in [0.717, 1.165) is 0 Å². The third kappa shape index (κ3) is 11.6. The summed E-state index contributed by atoms with van der Waals surface area (Å²) in [6.07, 6.45) is -1.36. The number of nitrogens with one attached hydrogen (secondary N) is 5. The summed E-state index contributed by atoms with van der Waals surface area (Å²) in [6.45, 7) is 16.2. The molecule has 0 bridgehead atoms. The molecule has 0 spiro atoms. The van der Waals surface area contributed by atoms with E-state index in [4.69, 9.17) is 5.73 Å². The van der Waals surface area contributed by atoms with Crippen molar-refractivity contribution >= 4 is 35.4 Å². The van der Waals surface area contributed by atoms with Gasteiger partial charge < -0.3 is 37.4 Å². The Morgan fingerprint density at radius 1 is 0.487 bits per heavy atom. The topological polar surface area (TPSA) is 209 Å². The van der Waals surface area contributed by atoms with E-state index >= 15 is 0 Å². The van der Waals surface area contributed by atoms with Crippen LogP contribution in [0.4, 0.5) is 0 Å². The lowest BCUT2D eigenvalue weighted by Crippen LogP contribution is -2.63. The van der Waals surface area contributed by atoms with Crippen LogP contribution in [0.2, 0.25) is 0 Å². The first-order valence-corrected chi connectivity index (χ1v) is 13.3. The second kappa shape index (κ2) is 16.0. The van der Waals surface area contributed by atoms with Gasteiger partial charge in [-0.05, 0) is 30.6 Å². The number of carbonyl (C=O) groups is 6. The van der Waals surface area contributed by atoms with Crippen LogP contribution in [-0.4, -0.2) is 76.9 Å². The average molecular weight is 557 g/mol. The SMILES string of the molecule is CC(=O)N[C@H](C(=O)N[C@H](C(=O)N[C@H](C(=O)N[C@H](C(=O)N[C@H](C(N)=O)C(C)C)C(C)C)[C@@H](C)O)C(C)C)C(C)C. The van der Waals surface area contributed by atoms with Crippen molar-refractivity contribution in [2.24, 2.45) is 29.4 Å².